The zero-order valence-electron chi connectivity index (χ0n) is 10.1. The summed E-state index contributed by atoms with van der Waals surface area (Å²) < 4.78 is 43.5. The first kappa shape index (κ1) is 15.5. The second kappa shape index (κ2) is 6.09. The minimum atomic E-state index is -4.82. The van der Waals surface area contributed by atoms with Crippen molar-refractivity contribution in [2.45, 2.75) is 6.36 Å². The SMILES string of the molecule is COC(=O)C(O)=CC(=O)c1ccc(OC(F)(F)F)cc1. The summed E-state index contributed by atoms with van der Waals surface area (Å²) in [7, 11) is 1.01. The Kier molecular flexibility index (Phi) is 4.73. The molecule has 0 fully saturated rings. The molecule has 0 heterocycles. The monoisotopic (exact) mass is 290 g/mol. The van der Waals surface area contributed by atoms with Gasteiger partial charge in [-0.2, -0.15) is 0 Å². The number of alkyl halides is 3. The molecule has 0 amide bonds. The minimum absolute atomic E-state index is 0.0324. The van der Waals surface area contributed by atoms with E-state index in [4.69, 9.17) is 5.11 Å². The first-order valence-electron chi connectivity index (χ1n) is 5.12. The molecule has 0 atom stereocenters. The van der Waals surface area contributed by atoms with E-state index in [1.165, 1.54) is 0 Å². The Balaban J connectivity index is 2.84. The topological polar surface area (TPSA) is 72.8 Å². The fraction of sp³-hybridized carbons (Fsp3) is 0.167. The van der Waals surface area contributed by atoms with Gasteiger partial charge in [-0.1, -0.05) is 0 Å². The van der Waals surface area contributed by atoms with Crippen LogP contribution < -0.4 is 4.74 Å². The van der Waals surface area contributed by atoms with E-state index in [0.29, 0.717) is 6.08 Å². The maximum Gasteiger partial charge on any atom is 0.573 e. The van der Waals surface area contributed by atoms with Crippen molar-refractivity contribution in [2.24, 2.45) is 0 Å². The molecule has 0 aliphatic rings. The molecule has 0 spiro atoms. The number of ether oxygens (including phenoxy) is 2. The van der Waals surface area contributed by atoms with Crippen molar-refractivity contribution in [1.82, 2.24) is 0 Å². The molecule has 0 unspecified atom stereocenters. The lowest BCUT2D eigenvalue weighted by atomic mass is 10.1. The highest BCUT2D eigenvalue weighted by atomic mass is 19.4. The first-order chi connectivity index (χ1) is 9.23. The van der Waals surface area contributed by atoms with Crippen molar-refractivity contribution in [3.05, 3.63) is 41.7 Å². The number of hydrogen-bond acceptors (Lipinski definition) is 5. The summed E-state index contributed by atoms with van der Waals surface area (Å²) in [5.74, 6) is -3.27. The van der Waals surface area contributed by atoms with E-state index >= 15 is 0 Å². The van der Waals surface area contributed by atoms with Crippen LogP contribution >= 0.6 is 0 Å². The van der Waals surface area contributed by atoms with Gasteiger partial charge in [-0.25, -0.2) is 4.79 Å². The zero-order chi connectivity index (χ0) is 15.3. The molecule has 0 aromatic heterocycles. The summed E-state index contributed by atoms with van der Waals surface area (Å²) in [5, 5.41) is 9.15. The molecule has 8 heteroatoms. The zero-order valence-corrected chi connectivity index (χ0v) is 10.1. The van der Waals surface area contributed by atoms with Crippen LogP contribution in [0.25, 0.3) is 0 Å². The molecule has 0 saturated carbocycles. The second-order valence-corrected chi connectivity index (χ2v) is 3.46. The largest absolute Gasteiger partial charge is 0.573 e. The normalized spacial score (nSPS) is 11.9. The Bertz CT molecular complexity index is 531. The highest BCUT2D eigenvalue weighted by Gasteiger charge is 2.31. The quantitative estimate of drug-likeness (QED) is 0.399. The van der Waals surface area contributed by atoms with Gasteiger partial charge in [0.25, 0.3) is 0 Å². The van der Waals surface area contributed by atoms with Gasteiger partial charge in [-0.3, -0.25) is 4.79 Å². The van der Waals surface area contributed by atoms with Crippen LogP contribution in [0.5, 0.6) is 5.75 Å². The van der Waals surface area contributed by atoms with E-state index in [9.17, 15) is 22.8 Å². The summed E-state index contributed by atoms with van der Waals surface area (Å²) in [4.78, 5) is 22.4. The number of carbonyl (C=O) groups excluding carboxylic acids is 2. The van der Waals surface area contributed by atoms with Crippen LogP contribution in [0.1, 0.15) is 10.4 Å². The van der Waals surface area contributed by atoms with Crippen LogP contribution in [0.3, 0.4) is 0 Å². The molecule has 20 heavy (non-hydrogen) atoms. The van der Waals surface area contributed by atoms with Crippen LogP contribution in [0, 0.1) is 0 Å². The van der Waals surface area contributed by atoms with Gasteiger partial charge in [0.2, 0.25) is 5.76 Å². The average molecular weight is 290 g/mol. The Morgan fingerprint density at radius 2 is 1.75 bits per heavy atom. The number of hydrogen-bond donors (Lipinski definition) is 1. The van der Waals surface area contributed by atoms with E-state index in [-0.39, 0.29) is 5.56 Å². The Morgan fingerprint density at radius 1 is 1.20 bits per heavy atom. The lowest BCUT2D eigenvalue weighted by Crippen LogP contribution is -2.17. The van der Waals surface area contributed by atoms with Crippen molar-refractivity contribution in [2.75, 3.05) is 7.11 Å². The smallest absolute Gasteiger partial charge is 0.502 e. The number of aliphatic hydroxyl groups is 1. The summed E-state index contributed by atoms with van der Waals surface area (Å²) in [6.45, 7) is 0. The average Bonchev–Trinajstić information content (AvgIpc) is 2.36. The van der Waals surface area contributed by atoms with E-state index in [2.05, 4.69) is 9.47 Å². The number of carbonyl (C=O) groups is 2. The highest BCUT2D eigenvalue weighted by Crippen LogP contribution is 2.22. The predicted octanol–water partition coefficient (Wildman–Crippen LogP) is 2.38. The summed E-state index contributed by atoms with van der Waals surface area (Å²) in [6, 6.07) is 3.99. The van der Waals surface area contributed by atoms with Crippen LogP contribution in [0.15, 0.2) is 36.1 Å². The summed E-state index contributed by atoms with van der Waals surface area (Å²) >= 11 is 0. The van der Waals surface area contributed by atoms with Crippen LogP contribution in [-0.4, -0.2) is 30.3 Å². The van der Waals surface area contributed by atoms with Gasteiger partial charge in [0.05, 0.1) is 7.11 Å². The highest BCUT2D eigenvalue weighted by molar-refractivity contribution is 6.07. The van der Waals surface area contributed by atoms with Gasteiger partial charge in [0.1, 0.15) is 5.75 Å². The molecule has 1 rings (SSSR count). The molecule has 0 radical (unpaired) electrons. The molecule has 5 nitrogen and oxygen atoms in total. The molecule has 0 bridgehead atoms. The number of rotatable bonds is 4. The van der Waals surface area contributed by atoms with Gasteiger partial charge in [0, 0.05) is 11.6 Å². The third-order valence-corrected chi connectivity index (χ3v) is 2.03. The molecule has 1 aromatic rings. The number of ketones is 1. The van der Waals surface area contributed by atoms with Crippen molar-refractivity contribution in [3.63, 3.8) is 0 Å². The van der Waals surface area contributed by atoms with Gasteiger partial charge in [0.15, 0.2) is 5.78 Å². The fourth-order valence-corrected chi connectivity index (χ4v) is 1.19. The maximum atomic E-state index is 11.9. The Labute approximate surface area is 111 Å². The lowest BCUT2D eigenvalue weighted by molar-refractivity contribution is -0.274. The van der Waals surface area contributed by atoms with Gasteiger partial charge >= 0.3 is 12.3 Å². The van der Waals surface area contributed by atoms with Crippen molar-refractivity contribution in [1.29, 1.82) is 0 Å². The standard InChI is InChI=1S/C12H9F3O5/c1-19-11(18)10(17)6-9(16)7-2-4-8(5-3-7)20-12(13,14)15/h2-6,17H,1H3. The van der Waals surface area contributed by atoms with Crippen molar-refractivity contribution >= 4 is 11.8 Å². The van der Waals surface area contributed by atoms with Crippen molar-refractivity contribution in [3.8, 4) is 5.75 Å². The van der Waals surface area contributed by atoms with E-state index in [0.717, 1.165) is 31.4 Å². The first-order valence-corrected chi connectivity index (χ1v) is 5.12. The molecular weight excluding hydrogens is 281 g/mol. The molecule has 1 N–H and O–H groups in total. The third-order valence-electron chi connectivity index (χ3n) is 2.03. The van der Waals surface area contributed by atoms with Gasteiger partial charge in [-0.05, 0) is 24.3 Å². The predicted molar refractivity (Wildman–Crippen MR) is 60.2 cm³/mol. The minimum Gasteiger partial charge on any atom is -0.502 e. The number of esters is 1. The number of methoxy groups -OCH3 is 1. The maximum absolute atomic E-state index is 11.9. The summed E-state index contributed by atoms with van der Waals surface area (Å²) in [5.41, 5.74) is -0.0324. The molecular formula is C12H9F3O5. The number of halogens is 3. The number of allylic oxidation sites excluding steroid dienone is 1. The Hall–Kier alpha value is -2.51. The molecule has 0 aliphatic heterocycles. The third kappa shape index (κ3) is 4.63. The Morgan fingerprint density at radius 3 is 2.20 bits per heavy atom. The van der Waals surface area contributed by atoms with Gasteiger partial charge in [-0.15, -0.1) is 13.2 Å². The number of aliphatic hydroxyl groups excluding tert-OH is 1. The van der Waals surface area contributed by atoms with Crippen LogP contribution in [-0.2, 0) is 9.53 Å². The van der Waals surface area contributed by atoms with E-state index in [1.807, 2.05) is 0 Å². The van der Waals surface area contributed by atoms with Crippen LogP contribution in [0.4, 0.5) is 13.2 Å². The fourth-order valence-electron chi connectivity index (χ4n) is 1.19. The second-order valence-electron chi connectivity index (χ2n) is 3.46. The molecule has 108 valence electrons. The number of benzene rings is 1. The molecule has 0 aliphatic carbocycles. The summed E-state index contributed by atoms with van der Waals surface area (Å²) in [6.07, 6.45) is -4.22. The molecule has 0 saturated heterocycles. The van der Waals surface area contributed by atoms with E-state index < -0.39 is 29.6 Å². The molecule has 1 aromatic carbocycles. The van der Waals surface area contributed by atoms with Crippen LogP contribution in [0.2, 0.25) is 0 Å². The van der Waals surface area contributed by atoms with Gasteiger partial charge < -0.3 is 14.6 Å². The lowest BCUT2D eigenvalue weighted by Gasteiger charge is -2.08. The van der Waals surface area contributed by atoms with Crippen molar-refractivity contribution < 1.29 is 37.3 Å². The van der Waals surface area contributed by atoms with E-state index in [1.54, 1.807) is 0 Å².